The first-order valence-corrected chi connectivity index (χ1v) is 7.04. The molecule has 0 aliphatic heterocycles. The summed E-state index contributed by atoms with van der Waals surface area (Å²) in [5.41, 5.74) is 1.84. The fraction of sp³-hybridized carbons (Fsp3) is 0.562. The summed E-state index contributed by atoms with van der Waals surface area (Å²) in [6, 6.07) is 6.98. The summed E-state index contributed by atoms with van der Waals surface area (Å²) in [7, 11) is 0. The van der Waals surface area contributed by atoms with Crippen molar-refractivity contribution in [2.75, 3.05) is 0 Å². The summed E-state index contributed by atoms with van der Waals surface area (Å²) < 4.78 is 0. The Hall–Kier alpha value is -1.71. The van der Waals surface area contributed by atoms with Gasteiger partial charge in [0.2, 0.25) is 6.04 Å². The van der Waals surface area contributed by atoms with Crippen LogP contribution in [0, 0.1) is 10.1 Å². The Morgan fingerprint density at radius 1 is 1.30 bits per heavy atom. The molecule has 1 aromatic rings. The van der Waals surface area contributed by atoms with Gasteiger partial charge in [-0.1, -0.05) is 39.0 Å². The van der Waals surface area contributed by atoms with Gasteiger partial charge in [-0.2, -0.15) is 0 Å². The van der Waals surface area contributed by atoms with Crippen LogP contribution in [-0.4, -0.2) is 11.2 Å². The molecule has 0 radical (unpaired) electrons. The molecule has 0 aromatic heterocycles. The fourth-order valence-corrected chi connectivity index (χ4v) is 2.17. The van der Waals surface area contributed by atoms with Gasteiger partial charge in [-0.25, -0.2) is 0 Å². The van der Waals surface area contributed by atoms with Crippen molar-refractivity contribution in [2.45, 2.75) is 57.9 Å². The van der Waals surface area contributed by atoms with Gasteiger partial charge >= 0.3 is 0 Å². The van der Waals surface area contributed by atoms with E-state index < -0.39 is 6.04 Å². The molecule has 4 nitrogen and oxygen atoms in total. The topological polar surface area (TPSA) is 60.2 Å². The van der Waals surface area contributed by atoms with Gasteiger partial charge in [0.05, 0.1) is 0 Å². The van der Waals surface area contributed by atoms with Crippen LogP contribution in [0.15, 0.2) is 24.3 Å². The standard InChI is InChI=1S/C16H23NO3/c1-16(2,3)14-9-7-8-13(12-14)15(17(19)20)10-5-4-6-11-18/h7-9,11-12,15H,4-6,10H2,1-3H3. The number of unbranched alkanes of at least 4 members (excludes halogenated alkanes) is 2. The molecule has 0 amide bonds. The molecule has 110 valence electrons. The lowest BCUT2D eigenvalue weighted by molar-refractivity contribution is -0.530. The molecule has 1 rings (SSSR count). The molecule has 0 saturated carbocycles. The van der Waals surface area contributed by atoms with E-state index in [1.807, 2.05) is 24.3 Å². The monoisotopic (exact) mass is 277 g/mol. The zero-order valence-corrected chi connectivity index (χ0v) is 12.5. The van der Waals surface area contributed by atoms with Gasteiger partial charge in [0, 0.05) is 23.3 Å². The Kier molecular flexibility index (Phi) is 5.86. The third kappa shape index (κ3) is 4.76. The average Bonchev–Trinajstić information content (AvgIpc) is 2.37. The van der Waals surface area contributed by atoms with Crippen LogP contribution in [0.5, 0.6) is 0 Å². The first kappa shape index (κ1) is 16.3. The van der Waals surface area contributed by atoms with Crippen LogP contribution in [0.3, 0.4) is 0 Å². The minimum Gasteiger partial charge on any atom is -0.303 e. The number of rotatable bonds is 7. The first-order valence-electron chi connectivity index (χ1n) is 7.04. The number of hydrogen-bond acceptors (Lipinski definition) is 3. The van der Waals surface area contributed by atoms with E-state index in [2.05, 4.69) is 20.8 Å². The van der Waals surface area contributed by atoms with Crippen LogP contribution in [0.25, 0.3) is 0 Å². The molecule has 0 saturated heterocycles. The van der Waals surface area contributed by atoms with Crippen molar-refractivity contribution in [3.63, 3.8) is 0 Å². The predicted octanol–water partition coefficient (Wildman–Crippen LogP) is 4.06. The van der Waals surface area contributed by atoms with Gasteiger partial charge in [0.1, 0.15) is 6.29 Å². The highest BCUT2D eigenvalue weighted by Gasteiger charge is 2.24. The fourth-order valence-electron chi connectivity index (χ4n) is 2.17. The van der Waals surface area contributed by atoms with E-state index in [-0.39, 0.29) is 10.3 Å². The molecule has 0 bridgehead atoms. The SMILES string of the molecule is CC(C)(C)c1cccc(C(CCCCC=O)[N+](=O)[O-])c1. The third-order valence-corrected chi connectivity index (χ3v) is 3.44. The Bertz CT molecular complexity index is 463. The Labute approximate surface area is 120 Å². The molecular formula is C16H23NO3. The molecule has 0 fully saturated rings. The number of carbonyl (C=O) groups excluding carboxylic acids is 1. The zero-order valence-electron chi connectivity index (χ0n) is 12.5. The zero-order chi connectivity index (χ0) is 15.2. The Morgan fingerprint density at radius 2 is 2.00 bits per heavy atom. The summed E-state index contributed by atoms with van der Waals surface area (Å²) in [5.74, 6) is 0. The van der Waals surface area contributed by atoms with Crippen LogP contribution in [0.2, 0.25) is 0 Å². The molecule has 4 heteroatoms. The average molecular weight is 277 g/mol. The summed E-state index contributed by atoms with van der Waals surface area (Å²) in [4.78, 5) is 21.3. The Balaban J connectivity index is 2.86. The van der Waals surface area contributed by atoms with Gasteiger partial charge in [0.25, 0.3) is 0 Å². The second-order valence-corrected chi connectivity index (χ2v) is 6.13. The summed E-state index contributed by atoms with van der Waals surface area (Å²) >= 11 is 0. The maximum atomic E-state index is 11.3. The van der Waals surface area contributed by atoms with Gasteiger partial charge < -0.3 is 4.79 Å². The molecule has 0 aliphatic rings. The quantitative estimate of drug-likeness (QED) is 0.327. The van der Waals surface area contributed by atoms with E-state index >= 15 is 0 Å². The second kappa shape index (κ2) is 7.17. The van der Waals surface area contributed by atoms with Gasteiger partial charge in [-0.15, -0.1) is 0 Å². The first-order chi connectivity index (χ1) is 9.36. The maximum Gasteiger partial charge on any atom is 0.238 e. The van der Waals surface area contributed by atoms with E-state index in [1.165, 1.54) is 0 Å². The number of nitro groups is 1. The van der Waals surface area contributed by atoms with Crippen molar-refractivity contribution in [2.24, 2.45) is 0 Å². The van der Waals surface area contributed by atoms with Crippen molar-refractivity contribution < 1.29 is 9.72 Å². The van der Waals surface area contributed by atoms with Crippen molar-refractivity contribution >= 4 is 6.29 Å². The van der Waals surface area contributed by atoms with E-state index in [1.54, 1.807) is 0 Å². The van der Waals surface area contributed by atoms with Crippen LogP contribution in [0.1, 0.15) is 63.6 Å². The van der Waals surface area contributed by atoms with Crippen LogP contribution >= 0.6 is 0 Å². The molecule has 1 aromatic carbocycles. The van der Waals surface area contributed by atoms with Crippen molar-refractivity contribution in [1.29, 1.82) is 0 Å². The lowest BCUT2D eigenvalue weighted by atomic mass is 9.85. The Morgan fingerprint density at radius 3 is 2.55 bits per heavy atom. The molecular weight excluding hydrogens is 254 g/mol. The molecule has 1 unspecified atom stereocenters. The highest BCUT2D eigenvalue weighted by molar-refractivity contribution is 5.48. The van der Waals surface area contributed by atoms with Crippen molar-refractivity contribution in [3.05, 3.63) is 45.5 Å². The summed E-state index contributed by atoms with van der Waals surface area (Å²) in [6.45, 7) is 6.28. The normalized spacial score (nSPS) is 12.9. The van der Waals surface area contributed by atoms with E-state index in [4.69, 9.17) is 0 Å². The van der Waals surface area contributed by atoms with E-state index in [0.717, 1.165) is 17.4 Å². The highest BCUT2D eigenvalue weighted by atomic mass is 16.6. The lowest BCUT2D eigenvalue weighted by Crippen LogP contribution is -2.14. The molecule has 0 heterocycles. The largest absolute Gasteiger partial charge is 0.303 e. The molecule has 0 N–H and O–H groups in total. The molecule has 20 heavy (non-hydrogen) atoms. The van der Waals surface area contributed by atoms with Crippen LogP contribution in [0.4, 0.5) is 0 Å². The minimum absolute atomic E-state index is 0.0192. The van der Waals surface area contributed by atoms with E-state index in [0.29, 0.717) is 25.7 Å². The summed E-state index contributed by atoms with van der Waals surface area (Å²) in [6.07, 6.45) is 3.24. The number of benzene rings is 1. The smallest absolute Gasteiger partial charge is 0.238 e. The number of nitrogens with zero attached hydrogens (tertiary/aromatic N) is 1. The van der Waals surface area contributed by atoms with Crippen molar-refractivity contribution in [3.8, 4) is 0 Å². The lowest BCUT2D eigenvalue weighted by Gasteiger charge is -2.20. The minimum atomic E-state index is -0.677. The van der Waals surface area contributed by atoms with Gasteiger partial charge in [-0.05, 0) is 29.9 Å². The maximum absolute atomic E-state index is 11.3. The third-order valence-electron chi connectivity index (χ3n) is 3.44. The van der Waals surface area contributed by atoms with Gasteiger partial charge in [-0.3, -0.25) is 10.1 Å². The highest BCUT2D eigenvalue weighted by Crippen LogP contribution is 2.28. The predicted molar refractivity (Wildman–Crippen MR) is 79.4 cm³/mol. The van der Waals surface area contributed by atoms with Crippen molar-refractivity contribution in [1.82, 2.24) is 0 Å². The number of aldehydes is 1. The summed E-state index contributed by atoms with van der Waals surface area (Å²) in [5, 5.41) is 11.3. The van der Waals surface area contributed by atoms with E-state index in [9.17, 15) is 14.9 Å². The van der Waals surface area contributed by atoms with Crippen LogP contribution in [-0.2, 0) is 10.2 Å². The molecule has 1 atom stereocenters. The van der Waals surface area contributed by atoms with Gasteiger partial charge in [0.15, 0.2) is 0 Å². The second-order valence-electron chi connectivity index (χ2n) is 6.13. The molecule has 0 aliphatic carbocycles. The van der Waals surface area contributed by atoms with Crippen LogP contribution < -0.4 is 0 Å². The number of carbonyl (C=O) groups is 1. The molecule has 0 spiro atoms. The number of hydrogen-bond donors (Lipinski definition) is 0.